The Labute approximate surface area is 139 Å². The van der Waals surface area contributed by atoms with Gasteiger partial charge in [-0.1, -0.05) is 71.1 Å². The normalized spacial score (nSPS) is 43.8. The molecule has 0 heterocycles. The third kappa shape index (κ3) is 1.03. The molecule has 4 saturated carbocycles. The van der Waals surface area contributed by atoms with E-state index >= 15 is 0 Å². The highest BCUT2D eigenvalue weighted by atomic mass is 127. The minimum absolute atomic E-state index is 0.448. The second kappa shape index (κ2) is 3.24. The van der Waals surface area contributed by atoms with Crippen molar-refractivity contribution in [2.24, 2.45) is 5.92 Å². The van der Waals surface area contributed by atoms with E-state index in [-0.39, 0.29) is 0 Å². The maximum Gasteiger partial charge on any atom is 0.0268 e. The van der Waals surface area contributed by atoms with E-state index in [1.807, 2.05) is 0 Å². The van der Waals surface area contributed by atoms with Gasteiger partial charge in [-0.2, -0.15) is 0 Å². The molecule has 7 rings (SSSR count). The lowest BCUT2D eigenvalue weighted by Gasteiger charge is -2.47. The van der Waals surface area contributed by atoms with Gasteiger partial charge in [-0.25, -0.2) is 0 Å². The average Bonchev–Trinajstić information content (AvgIpc) is 3.14. The fraction of sp³-hybridized carbons (Fsp3) is 0.400. The highest BCUT2D eigenvalue weighted by molar-refractivity contribution is 14.1. The molecular weight excluding hydrogens is 367 g/mol. The van der Waals surface area contributed by atoms with Crippen molar-refractivity contribution >= 4 is 22.6 Å². The highest BCUT2D eigenvalue weighted by Crippen LogP contribution is 2.82. The largest absolute Gasteiger partial charge is 0.0785 e. The van der Waals surface area contributed by atoms with Crippen LogP contribution in [0, 0.1) is 5.92 Å². The van der Waals surface area contributed by atoms with Crippen molar-refractivity contribution < 1.29 is 0 Å². The van der Waals surface area contributed by atoms with E-state index in [9.17, 15) is 0 Å². The first kappa shape index (κ1) is 11.7. The SMILES string of the molecule is IC12CC34CC1CC3(C2)c1ccccc1-c1ccccc14. The first-order valence-electron chi connectivity index (χ1n) is 8.07. The molecule has 1 heteroatoms. The van der Waals surface area contributed by atoms with E-state index in [2.05, 4.69) is 71.1 Å². The van der Waals surface area contributed by atoms with E-state index in [0.717, 1.165) is 5.92 Å². The smallest absolute Gasteiger partial charge is 0.0268 e. The average molecular weight is 384 g/mol. The van der Waals surface area contributed by atoms with Crippen molar-refractivity contribution in [3.05, 3.63) is 59.7 Å². The van der Waals surface area contributed by atoms with Crippen LogP contribution in [0.1, 0.15) is 36.8 Å². The summed E-state index contributed by atoms with van der Waals surface area (Å²) in [5, 5.41) is 0. The van der Waals surface area contributed by atoms with Crippen molar-refractivity contribution in [1.29, 1.82) is 0 Å². The Kier molecular flexibility index (Phi) is 1.81. The predicted octanol–water partition coefficient (Wildman–Crippen LogP) is 5.23. The molecule has 5 aliphatic rings. The lowest BCUT2D eigenvalue weighted by Crippen LogP contribution is -2.43. The summed E-state index contributed by atoms with van der Waals surface area (Å²) in [5.41, 5.74) is 7.27. The van der Waals surface area contributed by atoms with Gasteiger partial charge in [-0.3, -0.25) is 0 Å². The molecule has 0 radical (unpaired) electrons. The molecular formula is C20H17I. The molecule has 0 aliphatic heterocycles. The monoisotopic (exact) mass is 384 g/mol. The van der Waals surface area contributed by atoms with Gasteiger partial charge >= 0.3 is 0 Å². The Bertz CT molecular complexity index is 743. The molecule has 104 valence electrons. The fourth-order valence-corrected chi connectivity index (χ4v) is 8.45. The number of hydrogen-bond acceptors (Lipinski definition) is 0. The summed E-state index contributed by atoms with van der Waals surface area (Å²) in [6.45, 7) is 0. The molecule has 5 aliphatic carbocycles. The first-order chi connectivity index (χ1) is 10.2. The minimum Gasteiger partial charge on any atom is -0.0785 e. The van der Waals surface area contributed by atoms with E-state index in [1.54, 1.807) is 11.1 Å². The molecule has 2 spiro atoms. The lowest BCUT2D eigenvalue weighted by molar-refractivity contribution is 0.299. The fourth-order valence-electron chi connectivity index (χ4n) is 6.70. The zero-order valence-electron chi connectivity index (χ0n) is 11.9. The molecule has 0 nitrogen and oxygen atoms in total. The summed E-state index contributed by atoms with van der Waals surface area (Å²) in [6, 6.07) is 18.6. The van der Waals surface area contributed by atoms with Crippen LogP contribution in [0.3, 0.4) is 0 Å². The quantitative estimate of drug-likeness (QED) is 0.431. The summed E-state index contributed by atoms with van der Waals surface area (Å²) in [4.78, 5) is 0. The second-order valence-corrected chi connectivity index (χ2v) is 9.90. The van der Waals surface area contributed by atoms with E-state index < -0.39 is 0 Å². The number of rotatable bonds is 0. The summed E-state index contributed by atoms with van der Waals surface area (Å²) in [5.74, 6) is 0.942. The van der Waals surface area contributed by atoms with Gasteiger partial charge in [-0.15, -0.1) is 0 Å². The van der Waals surface area contributed by atoms with Crippen molar-refractivity contribution in [1.82, 2.24) is 0 Å². The van der Waals surface area contributed by atoms with Crippen molar-refractivity contribution in [2.75, 3.05) is 0 Å². The third-order valence-electron chi connectivity index (χ3n) is 7.20. The van der Waals surface area contributed by atoms with Crippen LogP contribution in [0.2, 0.25) is 0 Å². The lowest BCUT2D eigenvalue weighted by atomic mass is 9.55. The Balaban J connectivity index is 1.80. The third-order valence-corrected chi connectivity index (χ3v) is 8.85. The van der Waals surface area contributed by atoms with E-state index in [4.69, 9.17) is 0 Å². The van der Waals surface area contributed by atoms with E-state index in [1.165, 1.54) is 36.8 Å². The van der Waals surface area contributed by atoms with Crippen LogP contribution < -0.4 is 0 Å². The molecule has 0 saturated heterocycles. The minimum atomic E-state index is 0.448. The maximum atomic E-state index is 2.83. The van der Waals surface area contributed by atoms with Crippen LogP contribution in [0.25, 0.3) is 11.1 Å². The Morgan fingerprint density at radius 3 is 1.67 bits per heavy atom. The van der Waals surface area contributed by atoms with E-state index in [0.29, 0.717) is 14.3 Å². The molecule has 2 atom stereocenters. The molecule has 2 aromatic rings. The Morgan fingerprint density at radius 2 is 1.24 bits per heavy atom. The molecule has 4 bridgehead atoms. The zero-order chi connectivity index (χ0) is 13.9. The summed E-state index contributed by atoms with van der Waals surface area (Å²) < 4.78 is 0.572. The van der Waals surface area contributed by atoms with Crippen LogP contribution >= 0.6 is 22.6 Å². The van der Waals surface area contributed by atoms with Gasteiger partial charge in [0.25, 0.3) is 0 Å². The predicted molar refractivity (Wildman–Crippen MR) is 93.9 cm³/mol. The van der Waals surface area contributed by atoms with Crippen LogP contribution in [-0.2, 0) is 10.8 Å². The summed E-state index contributed by atoms with van der Waals surface area (Å²) in [7, 11) is 0. The van der Waals surface area contributed by atoms with Crippen molar-refractivity contribution in [2.45, 2.75) is 39.9 Å². The summed E-state index contributed by atoms with van der Waals surface area (Å²) in [6.07, 6.45) is 5.69. The van der Waals surface area contributed by atoms with Gasteiger partial charge < -0.3 is 0 Å². The molecule has 2 aromatic carbocycles. The van der Waals surface area contributed by atoms with Crippen LogP contribution in [0.15, 0.2) is 48.5 Å². The van der Waals surface area contributed by atoms with Gasteiger partial charge in [0.1, 0.15) is 0 Å². The Hall–Kier alpha value is -0.830. The summed E-state index contributed by atoms with van der Waals surface area (Å²) >= 11 is 2.83. The zero-order valence-corrected chi connectivity index (χ0v) is 14.1. The first-order valence-corrected chi connectivity index (χ1v) is 9.15. The van der Waals surface area contributed by atoms with Crippen LogP contribution in [0.4, 0.5) is 0 Å². The molecule has 0 amide bonds. The Morgan fingerprint density at radius 1 is 0.762 bits per heavy atom. The molecule has 21 heavy (non-hydrogen) atoms. The number of halogens is 1. The molecule has 2 unspecified atom stereocenters. The maximum absolute atomic E-state index is 2.83. The number of fused-ring (bicyclic) bond motifs is 3. The van der Waals surface area contributed by atoms with Gasteiger partial charge in [0, 0.05) is 14.3 Å². The highest BCUT2D eigenvalue weighted by Gasteiger charge is 2.78. The van der Waals surface area contributed by atoms with Gasteiger partial charge in [0.2, 0.25) is 0 Å². The number of benzene rings is 2. The number of hydrogen-bond donors (Lipinski definition) is 0. The van der Waals surface area contributed by atoms with Gasteiger partial charge in [0.15, 0.2) is 0 Å². The molecule has 0 N–H and O–H groups in total. The second-order valence-electron chi connectivity index (χ2n) is 7.75. The molecule has 4 fully saturated rings. The number of alkyl halides is 1. The van der Waals surface area contributed by atoms with Crippen molar-refractivity contribution in [3.63, 3.8) is 0 Å². The van der Waals surface area contributed by atoms with Crippen LogP contribution in [0.5, 0.6) is 0 Å². The van der Waals surface area contributed by atoms with Gasteiger partial charge in [0.05, 0.1) is 0 Å². The standard InChI is InChI=1S/C20H17I/c21-20-11-18-9-13(20)10-19(18,12-20)17-8-4-2-6-15(17)14-5-1-3-7-16(14)18/h1-8,13H,9-12H2. The van der Waals surface area contributed by atoms with Gasteiger partial charge in [-0.05, 0) is 53.9 Å². The topological polar surface area (TPSA) is 0 Å². The molecule has 0 aromatic heterocycles. The van der Waals surface area contributed by atoms with Crippen molar-refractivity contribution in [3.8, 4) is 11.1 Å². The van der Waals surface area contributed by atoms with Crippen LogP contribution in [-0.4, -0.2) is 3.42 Å².